The maximum Gasteiger partial charge on any atom is 0.307 e. The summed E-state index contributed by atoms with van der Waals surface area (Å²) in [6.45, 7) is 2.74. The highest BCUT2D eigenvalue weighted by atomic mass is 16.5. The van der Waals surface area contributed by atoms with E-state index in [1.54, 1.807) is 20.3 Å². The van der Waals surface area contributed by atoms with E-state index < -0.39 is 0 Å². The van der Waals surface area contributed by atoms with E-state index in [1.165, 1.54) is 7.11 Å². The van der Waals surface area contributed by atoms with Crippen molar-refractivity contribution in [2.75, 3.05) is 27.9 Å². The molecule has 0 saturated heterocycles. The van der Waals surface area contributed by atoms with Crippen LogP contribution in [0.3, 0.4) is 0 Å². The Hall–Kier alpha value is -1.75. The van der Waals surface area contributed by atoms with Crippen molar-refractivity contribution in [3.05, 3.63) is 23.8 Å². The fourth-order valence-corrected chi connectivity index (χ4v) is 1.83. The molecule has 0 radical (unpaired) electrons. The number of carbonyl (C=O) groups excluding carboxylic acids is 1. The highest BCUT2D eigenvalue weighted by Gasteiger charge is 2.17. The van der Waals surface area contributed by atoms with Crippen LogP contribution in [0, 0.1) is 0 Å². The van der Waals surface area contributed by atoms with Crippen molar-refractivity contribution >= 4 is 5.97 Å². The number of methoxy groups -OCH3 is 3. The van der Waals surface area contributed by atoms with Gasteiger partial charge in [-0.3, -0.25) is 4.79 Å². The van der Waals surface area contributed by atoms with Gasteiger partial charge in [-0.05, 0) is 24.2 Å². The van der Waals surface area contributed by atoms with Crippen LogP contribution in [0.5, 0.6) is 11.5 Å². The number of rotatable bonds is 7. The molecule has 106 valence electrons. The Morgan fingerprint density at radius 1 is 1.16 bits per heavy atom. The molecule has 0 amide bonds. The van der Waals surface area contributed by atoms with Crippen LogP contribution in [0.2, 0.25) is 0 Å². The van der Waals surface area contributed by atoms with Gasteiger partial charge in [-0.2, -0.15) is 0 Å². The second-order valence-corrected chi connectivity index (χ2v) is 4.04. The molecule has 19 heavy (non-hydrogen) atoms. The highest BCUT2D eigenvalue weighted by molar-refractivity contribution is 5.70. The zero-order valence-electron chi connectivity index (χ0n) is 11.9. The molecule has 0 aliphatic heterocycles. The van der Waals surface area contributed by atoms with Crippen LogP contribution in [-0.4, -0.2) is 33.8 Å². The van der Waals surface area contributed by atoms with Crippen LogP contribution < -0.4 is 14.8 Å². The number of hydrogen-bond acceptors (Lipinski definition) is 5. The fraction of sp³-hybridized carbons (Fsp3) is 0.500. The lowest BCUT2D eigenvalue weighted by Gasteiger charge is -2.18. The molecule has 0 spiro atoms. The molecule has 5 heteroatoms. The average Bonchev–Trinajstić information content (AvgIpc) is 2.45. The summed E-state index contributed by atoms with van der Waals surface area (Å²) in [5, 5.41) is 3.25. The van der Waals surface area contributed by atoms with E-state index in [0.717, 1.165) is 12.1 Å². The summed E-state index contributed by atoms with van der Waals surface area (Å²) >= 11 is 0. The Balaban J connectivity index is 3.02. The van der Waals surface area contributed by atoms with E-state index in [2.05, 4.69) is 5.32 Å². The van der Waals surface area contributed by atoms with Crippen molar-refractivity contribution in [1.82, 2.24) is 5.32 Å². The molecule has 1 aromatic carbocycles. The van der Waals surface area contributed by atoms with Crippen molar-refractivity contribution in [1.29, 1.82) is 0 Å². The summed E-state index contributed by atoms with van der Waals surface area (Å²) in [5.41, 5.74) is 0.934. The van der Waals surface area contributed by atoms with Gasteiger partial charge < -0.3 is 19.5 Å². The third kappa shape index (κ3) is 4.44. The van der Waals surface area contributed by atoms with Crippen LogP contribution in [0.25, 0.3) is 0 Å². The second-order valence-electron chi connectivity index (χ2n) is 4.04. The zero-order chi connectivity index (χ0) is 14.3. The average molecular weight is 267 g/mol. The first-order valence-electron chi connectivity index (χ1n) is 6.17. The minimum atomic E-state index is -0.257. The van der Waals surface area contributed by atoms with Gasteiger partial charge in [-0.15, -0.1) is 0 Å². The molecule has 1 rings (SSSR count). The van der Waals surface area contributed by atoms with Gasteiger partial charge in [-0.1, -0.05) is 6.92 Å². The molecule has 0 aliphatic carbocycles. The number of esters is 1. The summed E-state index contributed by atoms with van der Waals surface area (Å²) in [7, 11) is 4.58. The van der Waals surface area contributed by atoms with Crippen molar-refractivity contribution in [3.8, 4) is 11.5 Å². The first-order chi connectivity index (χ1) is 9.14. The second kappa shape index (κ2) is 7.63. The predicted octanol–water partition coefficient (Wildman–Crippen LogP) is 1.92. The SMILES string of the molecule is CCNC(CC(=O)OC)c1cc(OC)cc(OC)c1. The summed E-state index contributed by atoms with van der Waals surface area (Å²) in [6, 6.07) is 5.45. The monoisotopic (exact) mass is 267 g/mol. The van der Waals surface area contributed by atoms with Crippen LogP contribution in [0.15, 0.2) is 18.2 Å². The lowest BCUT2D eigenvalue weighted by Crippen LogP contribution is -2.24. The highest BCUT2D eigenvalue weighted by Crippen LogP contribution is 2.28. The molecular weight excluding hydrogens is 246 g/mol. The molecule has 0 fully saturated rings. The van der Waals surface area contributed by atoms with Gasteiger partial charge in [0.2, 0.25) is 0 Å². The first kappa shape index (κ1) is 15.3. The lowest BCUT2D eigenvalue weighted by atomic mass is 10.0. The third-order valence-corrected chi connectivity index (χ3v) is 2.83. The van der Waals surface area contributed by atoms with E-state index in [1.807, 2.05) is 19.1 Å². The Kier molecular flexibility index (Phi) is 6.15. The number of benzene rings is 1. The minimum absolute atomic E-state index is 0.124. The molecule has 0 bridgehead atoms. The van der Waals surface area contributed by atoms with Crippen LogP contribution in [-0.2, 0) is 9.53 Å². The van der Waals surface area contributed by atoms with E-state index in [-0.39, 0.29) is 18.4 Å². The molecule has 0 aromatic heterocycles. The van der Waals surface area contributed by atoms with Gasteiger partial charge in [0, 0.05) is 12.1 Å². The summed E-state index contributed by atoms with van der Waals surface area (Å²) in [4.78, 5) is 11.5. The third-order valence-electron chi connectivity index (χ3n) is 2.83. The molecule has 0 heterocycles. The van der Waals surface area contributed by atoms with Gasteiger partial charge in [0.1, 0.15) is 11.5 Å². The molecule has 1 N–H and O–H groups in total. The van der Waals surface area contributed by atoms with Gasteiger partial charge in [0.15, 0.2) is 0 Å². The maximum atomic E-state index is 11.5. The maximum absolute atomic E-state index is 11.5. The van der Waals surface area contributed by atoms with Crippen LogP contribution >= 0.6 is 0 Å². The van der Waals surface area contributed by atoms with Crippen molar-refractivity contribution < 1.29 is 19.0 Å². The van der Waals surface area contributed by atoms with Gasteiger partial charge in [0.05, 0.1) is 27.8 Å². The predicted molar refractivity (Wildman–Crippen MR) is 72.6 cm³/mol. The number of nitrogens with one attached hydrogen (secondary N) is 1. The summed E-state index contributed by atoms with van der Waals surface area (Å²) < 4.78 is 15.2. The number of carbonyl (C=O) groups is 1. The summed E-state index contributed by atoms with van der Waals surface area (Å²) in [6.07, 6.45) is 0.265. The van der Waals surface area contributed by atoms with Gasteiger partial charge in [0.25, 0.3) is 0 Å². The molecule has 0 saturated carbocycles. The Morgan fingerprint density at radius 2 is 1.74 bits per heavy atom. The van der Waals surface area contributed by atoms with Gasteiger partial charge >= 0.3 is 5.97 Å². The molecular formula is C14H21NO4. The Labute approximate surface area is 113 Å². The van der Waals surface area contributed by atoms with Crippen molar-refractivity contribution in [2.24, 2.45) is 0 Å². The molecule has 0 aliphatic rings. The smallest absolute Gasteiger partial charge is 0.307 e. The van der Waals surface area contributed by atoms with Crippen LogP contribution in [0.4, 0.5) is 0 Å². The van der Waals surface area contributed by atoms with Gasteiger partial charge in [-0.25, -0.2) is 0 Å². The largest absolute Gasteiger partial charge is 0.497 e. The molecule has 1 unspecified atom stereocenters. The lowest BCUT2D eigenvalue weighted by molar-refractivity contribution is -0.141. The fourth-order valence-electron chi connectivity index (χ4n) is 1.83. The Bertz CT molecular complexity index is 398. The number of ether oxygens (including phenoxy) is 3. The first-order valence-corrected chi connectivity index (χ1v) is 6.17. The van der Waals surface area contributed by atoms with Crippen molar-refractivity contribution in [2.45, 2.75) is 19.4 Å². The van der Waals surface area contributed by atoms with Crippen LogP contribution in [0.1, 0.15) is 24.9 Å². The topological polar surface area (TPSA) is 56.8 Å². The summed E-state index contributed by atoms with van der Waals surface area (Å²) in [5.74, 6) is 1.14. The quantitative estimate of drug-likeness (QED) is 0.765. The van der Waals surface area contributed by atoms with E-state index in [0.29, 0.717) is 11.5 Å². The normalized spacial score (nSPS) is 11.8. The number of hydrogen-bond donors (Lipinski definition) is 1. The van der Waals surface area contributed by atoms with Crippen molar-refractivity contribution in [3.63, 3.8) is 0 Å². The van der Waals surface area contributed by atoms with E-state index >= 15 is 0 Å². The van der Waals surface area contributed by atoms with E-state index in [4.69, 9.17) is 14.2 Å². The molecule has 5 nitrogen and oxygen atoms in total. The molecule has 1 atom stereocenters. The Morgan fingerprint density at radius 3 is 2.16 bits per heavy atom. The van der Waals surface area contributed by atoms with E-state index in [9.17, 15) is 4.79 Å². The zero-order valence-corrected chi connectivity index (χ0v) is 11.9. The molecule has 1 aromatic rings. The standard InChI is InChI=1S/C14H21NO4/c1-5-15-13(9-14(16)19-4)10-6-11(17-2)8-12(7-10)18-3/h6-8,13,15H,5,9H2,1-4H3. The minimum Gasteiger partial charge on any atom is -0.497 e.